The Morgan fingerprint density at radius 3 is 2.42 bits per heavy atom. The van der Waals surface area contributed by atoms with E-state index in [0.29, 0.717) is 18.7 Å². The van der Waals surface area contributed by atoms with Crippen molar-refractivity contribution in [3.8, 4) is 5.75 Å². The molecule has 0 heterocycles. The first-order valence-corrected chi connectivity index (χ1v) is 9.56. The van der Waals surface area contributed by atoms with Crippen molar-refractivity contribution in [3.63, 3.8) is 0 Å². The summed E-state index contributed by atoms with van der Waals surface area (Å²) < 4.78 is 46.2. The zero-order chi connectivity index (χ0) is 19.3. The monoisotopic (exact) mass is 380 g/mol. The Hall–Kier alpha value is -2.61. The number of carbonyl (C=O) groups excluding carboxylic acids is 1. The van der Waals surface area contributed by atoms with Gasteiger partial charge in [0.15, 0.2) is 0 Å². The van der Waals surface area contributed by atoms with Crippen LogP contribution in [0.1, 0.15) is 24.2 Å². The zero-order valence-electron chi connectivity index (χ0n) is 14.8. The third-order valence-electron chi connectivity index (χ3n) is 3.84. The number of anilines is 1. The van der Waals surface area contributed by atoms with E-state index in [9.17, 15) is 17.6 Å². The summed E-state index contributed by atoms with van der Waals surface area (Å²) in [5.41, 5.74) is 0.530. The van der Waals surface area contributed by atoms with Crippen LogP contribution >= 0.6 is 0 Å². The highest BCUT2D eigenvalue weighted by molar-refractivity contribution is 7.92. The van der Waals surface area contributed by atoms with Crippen molar-refractivity contribution in [2.75, 3.05) is 24.9 Å². The lowest BCUT2D eigenvalue weighted by Gasteiger charge is -2.19. The normalized spacial score (nSPS) is 11.1. The third kappa shape index (κ3) is 4.32. The second-order valence-corrected chi connectivity index (χ2v) is 7.11. The maximum absolute atomic E-state index is 14.1. The van der Waals surface area contributed by atoms with Crippen LogP contribution in [0.25, 0.3) is 0 Å². The highest BCUT2D eigenvalue weighted by atomic mass is 32.2. The average Bonchev–Trinajstić information content (AvgIpc) is 2.62. The van der Waals surface area contributed by atoms with Crippen LogP contribution < -0.4 is 9.46 Å². The summed E-state index contributed by atoms with van der Waals surface area (Å²) in [4.78, 5) is 13.5. The molecule has 0 aromatic heterocycles. The fourth-order valence-corrected chi connectivity index (χ4v) is 3.56. The molecule has 0 aliphatic heterocycles. The highest BCUT2D eigenvalue weighted by Crippen LogP contribution is 2.23. The Kier molecular flexibility index (Phi) is 6.20. The predicted molar refractivity (Wildman–Crippen MR) is 97.5 cm³/mol. The van der Waals surface area contributed by atoms with Gasteiger partial charge in [-0.3, -0.25) is 9.52 Å². The number of benzene rings is 2. The number of ether oxygens (including phenoxy) is 1. The molecule has 0 aliphatic rings. The average molecular weight is 380 g/mol. The van der Waals surface area contributed by atoms with E-state index in [1.807, 2.05) is 13.8 Å². The van der Waals surface area contributed by atoms with Gasteiger partial charge in [0.05, 0.1) is 7.11 Å². The minimum atomic E-state index is -4.15. The molecule has 140 valence electrons. The van der Waals surface area contributed by atoms with Gasteiger partial charge in [-0.25, -0.2) is 12.8 Å². The van der Waals surface area contributed by atoms with Gasteiger partial charge in [-0.1, -0.05) is 6.07 Å². The Bertz CT molecular complexity index is 896. The van der Waals surface area contributed by atoms with Gasteiger partial charge in [0, 0.05) is 30.4 Å². The summed E-state index contributed by atoms with van der Waals surface area (Å²) in [6.45, 7) is 4.81. The minimum Gasteiger partial charge on any atom is -0.497 e. The highest BCUT2D eigenvalue weighted by Gasteiger charge is 2.21. The van der Waals surface area contributed by atoms with Crippen LogP contribution in [0.2, 0.25) is 0 Å². The summed E-state index contributed by atoms with van der Waals surface area (Å²) in [7, 11) is -2.79. The van der Waals surface area contributed by atoms with Crippen molar-refractivity contribution in [1.82, 2.24) is 4.90 Å². The first kappa shape index (κ1) is 19.7. The summed E-state index contributed by atoms with van der Waals surface area (Å²) >= 11 is 0. The molecule has 0 atom stereocenters. The first-order valence-electron chi connectivity index (χ1n) is 8.08. The van der Waals surface area contributed by atoms with Gasteiger partial charge in [-0.15, -0.1) is 0 Å². The topological polar surface area (TPSA) is 75.7 Å². The fraction of sp³-hybridized carbons (Fsp3) is 0.278. The van der Waals surface area contributed by atoms with Crippen LogP contribution in [0, 0.1) is 5.82 Å². The number of hydrogen-bond donors (Lipinski definition) is 1. The number of sulfonamides is 1. The number of amides is 1. The Balaban J connectivity index is 2.30. The van der Waals surface area contributed by atoms with Gasteiger partial charge in [0.1, 0.15) is 16.5 Å². The maximum Gasteiger partial charge on any atom is 0.264 e. The largest absolute Gasteiger partial charge is 0.497 e. The number of methoxy groups -OCH3 is 1. The smallest absolute Gasteiger partial charge is 0.264 e. The standard InChI is InChI=1S/C18H21FN2O4S/c1-4-21(5-2)18(22)13-7-6-8-14(11-13)20-26(23,24)17-10-9-15(25-3)12-16(17)19/h6-12,20H,4-5H2,1-3H3. The van der Waals surface area contributed by atoms with Crippen molar-refractivity contribution in [1.29, 1.82) is 0 Å². The molecule has 0 fully saturated rings. The molecule has 6 nitrogen and oxygen atoms in total. The number of nitrogens with zero attached hydrogens (tertiary/aromatic N) is 1. The Labute approximate surface area is 152 Å². The molecule has 0 radical (unpaired) electrons. The lowest BCUT2D eigenvalue weighted by molar-refractivity contribution is 0.0773. The fourth-order valence-electron chi connectivity index (χ4n) is 2.45. The van der Waals surface area contributed by atoms with Crippen molar-refractivity contribution >= 4 is 21.6 Å². The van der Waals surface area contributed by atoms with Crippen LogP contribution in [-0.2, 0) is 10.0 Å². The second-order valence-electron chi connectivity index (χ2n) is 5.46. The molecular formula is C18H21FN2O4S. The van der Waals surface area contributed by atoms with Gasteiger partial charge >= 0.3 is 0 Å². The minimum absolute atomic E-state index is 0.179. The summed E-state index contributed by atoms with van der Waals surface area (Å²) in [6.07, 6.45) is 0. The van der Waals surface area contributed by atoms with E-state index in [0.717, 1.165) is 12.1 Å². The number of hydrogen-bond acceptors (Lipinski definition) is 4. The van der Waals surface area contributed by atoms with E-state index >= 15 is 0 Å². The molecule has 0 saturated heterocycles. The molecular weight excluding hydrogens is 359 g/mol. The molecule has 26 heavy (non-hydrogen) atoms. The summed E-state index contributed by atoms with van der Waals surface area (Å²) in [5.74, 6) is -0.910. The van der Waals surface area contributed by atoms with E-state index in [1.54, 1.807) is 17.0 Å². The molecule has 2 rings (SSSR count). The number of carbonyl (C=O) groups is 1. The van der Waals surface area contributed by atoms with Gasteiger partial charge in [0.25, 0.3) is 15.9 Å². The Morgan fingerprint density at radius 1 is 1.15 bits per heavy atom. The molecule has 0 unspecified atom stereocenters. The number of halogens is 1. The number of nitrogens with one attached hydrogen (secondary N) is 1. The zero-order valence-corrected chi connectivity index (χ0v) is 15.6. The SMILES string of the molecule is CCN(CC)C(=O)c1cccc(NS(=O)(=O)c2ccc(OC)cc2F)c1. The van der Waals surface area contributed by atoms with Gasteiger partial charge in [-0.05, 0) is 44.2 Å². The molecule has 0 aliphatic carbocycles. The van der Waals surface area contributed by atoms with Crippen LogP contribution in [-0.4, -0.2) is 39.4 Å². The van der Waals surface area contributed by atoms with Crippen molar-refractivity contribution in [2.24, 2.45) is 0 Å². The van der Waals surface area contributed by atoms with Gasteiger partial charge < -0.3 is 9.64 Å². The van der Waals surface area contributed by atoms with E-state index in [4.69, 9.17) is 4.74 Å². The molecule has 0 bridgehead atoms. The predicted octanol–water partition coefficient (Wildman–Crippen LogP) is 3.12. The Morgan fingerprint density at radius 2 is 1.85 bits per heavy atom. The molecule has 8 heteroatoms. The maximum atomic E-state index is 14.1. The van der Waals surface area contributed by atoms with E-state index < -0.39 is 20.7 Å². The lowest BCUT2D eigenvalue weighted by atomic mass is 10.2. The van der Waals surface area contributed by atoms with Crippen molar-refractivity contribution < 1.29 is 22.3 Å². The quantitative estimate of drug-likeness (QED) is 0.801. The molecule has 0 saturated carbocycles. The van der Waals surface area contributed by atoms with Crippen molar-refractivity contribution in [2.45, 2.75) is 18.7 Å². The first-order chi connectivity index (χ1) is 12.3. The van der Waals surface area contributed by atoms with Crippen LogP contribution in [0.15, 0.2) is 47.4 Å². The number of rotatable bonds is 7. The molecule has 1 amide bonds. The van der Waals surface area contributed by atoms with Crippen molar-refractivity contribution in [3.05, 3.63) is 53.8 Å². The third-order valence-corrected chi connectivity index (χ3v) is 5.26. The van der Waals surface area contributed by atoms with Gasteiger partial charge in [0.2, 0.25) is 0 Å². The second kappa shape index (κ2) is 8.18. The summed E-state index contributed by atoms with van der Waals surface area (Å²) in [6, 6.07) is 9.58. The molecule has 0 spiro atoms. The van der Waals surface area contributed by atoms with E-state index in [-0.39, 0.29) is 17.3 Å². The van der Waals surface area contributed by atoms with Gasteiger partial charge in [-0.2, -0.15) is 0 Å². The van der Waals surface area contributed by atoms with Crippen LogP contribution in [0.3, 0.4) is 0 Å². The molecule has 1 N–H and O–H groups in total. The van der Waals surface area contributed by atoms with Crippen LogP contribution in [0.4, 0.5) is 10.1 Å². The summed E-state index contributed by atoms with van der Waals surface area (Å²) in [5, 5.41) is 0. The van der Waals surface area contributed by atoms with E-state index in [2.05, 4.69) is 4.72 Å². The molecule has 2 aromatic carbocycles. The molecule has 2 aromatic rings. The lowest BCUT2D eigenvalue weighted by Crippen LogP contribution is -2.30. The van der Waals surface area contributed by atoms with Crippen LogP contribution in [0.5, 0.6) is 5.75 Å². The van der Waals surface area contributed by atoms with E-state index in [1.165, 1.54) is 25.3 Å².